The molecule has 0 heterocycles. The van der Waals surface area contributed by atoms with Crippen LogP contribution in [0.4, 0.5) is 0 Å². The van der Waals surface area contributed by atoms with Crippen LogP contribution in [0.2, 0.25) is 0 Å². The molecule has 1 aliphatic carbocycles. The zero-order valence-electron chi connectivity index (χ0n) is 13.9. The predicted molar refractivity (Wildman–Crippen MR) is 95.3 cm³/mol. The molecule has 114 valence electrons. The van der Waals surface area contributed by atoms with Crippen LogP contribution in [-0.4, -0.2) is 25.5 Å². The molecule has 0 amide bonds. The minimum absolute atomic E-state index is 1.09. The third kappa shape index (κ3) is 3.15. The van der Waals surface area contributed by atoms with Crippen LogP contribution in [0, 0.1) is 6.92 Å². The molecule has 1 heteroatoms. The topological polar surface area (TPSA) is 3.24 Å². The molecule has 0 saturated heterocycles. The van der Waals surface area contributed by atoms with Crippen molar-refractivity contribution in [3.63, 3.8) is 0 Å². The van der Waals surface area contributed by atoms with Crippen LogP contribution in [0.5, 0.6) is 0 Å². The van der Waals surface area contributed by atoms with Crippen LogP contribution in [0.25, 0.3) is 5.57 Å². The lowest BCUT2D eigenvalue weighted by Crippen LogP contribution is -2.12. The monoisotopic (exact) mass is 291 g/mol. The second kappa shape index (κ2) is 6.50. The Balaban J connectivity index is 2.08. The summed E-state index contributed by atoms with van der Waals surface area (Å²) < 4.78 is 0. The number of aryl methyl sites for hydroxylation is 3. The Morgan fingerprint density at radius 1 is 0.955 bits per heavy atom. The summed E-state index contributed by atoms with van der Waals surface area (Å²) in [4.78, 5) is 2.25. The first-order valence-corrected chi connectivity index (χ1v) is 8.18. The van der Waals surface area contributed by atoms with E-state index in [1.807, 2.05) is 0 Å². The van der Waals surface area contributed by atoms with Crippen LogP contribution in [-0.2, 0) is 12.8 Å². The van der Waals surface area contributed by atoms with E-state index in [9.17, 15) is 0 Å². The van der Waals surface area contributed by atoms with Gasteiger partial charge in [0.2, 0.25) is 0 Å². The van der Waals surface area contributed by atoms with Gasteiger partial charge in [-0.05, 0) is 68.1 Å². The quantitative estimate of drug-likeness (QED) is 0.806. The molecule has 0 saturated carbocycles. The number of benzene rings is 2. The van der Waals surface area contributed by atoms with Crippen molar-refractivity contribution >= 4 is 5.57 Å². The Bertz CT molecular complexity index is 695. The molecular weight excluding hydrogens is 266 g/mol. The standard InChI is InChI=1S/C21H25N/c1-16-10-13-20-18(15-16)12-11-17-7-4-5-8-19(17)21(20)9-6-14-22(2)3/h4-5,7-10,13,15H,6,11-12,14H2,1-3H3/b21-9+. The maximum Gasteiger partial charge on any atom is 0.00101 e. The zero-order chi connectivity index (χ0) is 15.5. The van der Waals surface area contributed by atoms with Gasteiger partial charge in [0.15, 0.2) is 0 Å². The minimum atomic E-state index is 1.09. The molecule has 0 radical (unpaired) electrons. The Hall–Kier alpha value is -1.86. The third-order valence-electron chi connectivity index (χ3n) is 4.45. The summed E-state index contributed by atoms with van der Waals surface area (Å²) in [6.45, 7) is 3.28. The zero-order valence-corrected chi connectivity index (χ0v) is 13.9. The van der Waals surface area contributed by atoms with E-state index in [2.05, 4.69) is 74.5 Å². The first-order chi connectivity index (χ1) is 10.6. The molecule has 1 aliphatic rings. The summed E-state index contributed by atoms with van der Waals surface area (Å²) in [6, 6.07) is 15.8. The second-order valence-corrected chi connectivity index (χ2v) is 6.53. The first-order valence-electron chi connectivity index (χ1n) is 8.18. The van der Waals surface area contributed by atoms with E-state index >= 15 is 0 Å². The number of hydrogen-bond donors (Lipinski definition) is 0. The van der Waals surface area contributed by atoms with Gasteiger partial charge in [0.1, 0.15) is 0 Å². The van der Waals surface area contributed by atoms with Gasteiger partial charge >= 0.3 is 0 Å². The molecule has 0 aliphatic heterocycles. The van der Waals surface area contributed by atoms with E-state index in [1.54, 1.807) is 0 Å². The molecule has 0 unspecified atom stereocenters. The summed E-state index contributed by atoms with van der Waals surface area (Å²) in [7, 11) is 4.27. The van der Waals surface area contributed by atoms with Gasteiger partial charge in [-0.15, -0.1) is 0 Å². The molecule has 0 spiro atoms. The highest BCUT2D eigenvalue weighted by Gasteiger charge is 2.17. The number of nitrogens with zero attached hydrogens (tertiary/aromatic N) is 1. The molecule has 0 bridgehead atoms. The van der Waals surface area contributed by atoms with Gasteiger partial charge in [0.05, 0.1) is 0 Å². The van der Waals surface area contributed by atoms with Gasteiger partial charge in [-0.1, -0.05) is 54.1 Å². The van der Waals surface area contributed by atoms with E-state index in [0.29, 0.717) is 0 Å². The van der Waals surface area contributed by atoms with Crippen molar-refractivity contribution in [2.75, 3.05) is 20.6 Å². The maximum absolute atomic E-state index is 2.43. The largest absolute Gasteiger partial charge is 0.309 e. The number of fused-ring (bicyclic) bond motifs is 2. The van der Waals surface area contributed by atoms with Gasteiger partial charge in [-0.25, -0.2) is 0 Å². The van der Waals surface area contributed by atoms with Crippen LogP contribution < -0.4 is 0 Å². The SMILES string of the molecule is Cc1ccc2c(c1)CCc1ccccc1/C2=C\CCN(C)C. The molecular formula is C21H25N. The van der Waals surface area contributed by atoms with Crippen molar-refractivity contribution in [1.29, 1.82) is 0 Å². The summed E-state index contributed by atoms with van der Waals surface area (Å²) in [5.74, 6) is 0. The molecule has 0 atom stereocenters. The number of rotatable bonds is 3. The molecule has 3 rings (SSSR count). The summed E-state index contributed by atoms with van der Waals surface area (Å²) in [5, 5.41) is 0. The van der Waals surface area contributed by atoms with Crippen molar-refractivity contribution in [3.05, 3.63) is 76.4 Å². The van der Waals surface area contributed by atoms with E-state index in [4.69, 9.17) is 0 Å². The molecule has 0 fully saturated rings. The highest BCUT2D eigenvalue weighted by atomic mass is 15.0. The predicted octanol–water partition coefficient (Wildman–Crippen LogP) is 4.48. The van der Waals surface area contributed by atoms with Crippen LogP contribution in [0.1, 0.15) is 34.2 Å². The highest BCUT2D eigenvalue weighted by Crippen LogP contribution is 2.34. The van der Waals surface area contributed by atoms with Crippen LogP contribution in [0.15, 0.2) is 48.5 Å². The Kier molecular flexibility index (Phi) is 4.44. The Morgan fingerprint density at radius 2 is 1.68 bits per heavy atom. The summed E-state index contributed by atoms with van der Waals surface area (Å²) in [5.41, 5.74) is 8.60. The Morgan fingerprint density at radius 3 is 2.50 bits per heavy atom. The highest BCUT2D eigenvalue weighted by molar-refractivity contribution is 5.84. The maximum atomic E-state index is 2.43. The van der Waals surface area contributed by atoms with E-state index in [-0.39, 0.29) is 0 Å². The van der Waals surface area contributed by atoms with Crippen molar-refractivity contribution in [2.24, 2.45) is 0 Å². The fourth-order valence-electron chi connectivity index (χ4n) is 3.29. The van der Waals surface area contributed by atoms with Gasteiger partial charge in [0.25, 0.3) is 0 Å². The fraction of sp³-hybridized carbons (Fsp3) is 0.333. The smallest absolute Gasteiger partial charge is 0.00101 e. The molecule has 1 nitrogen and oxygen atoms in total. The average molecular weight is 291 g/mol. The van der Waals surface area contributed by atoms with Crippen LogP contribution in [0.3, 0.4) is 0 Å². The molecule has 2 aromatic rings. The van der Waals surface area contributed by atoms with Crippen molar-refractivity contribution in [1.82, 2.24) is 4.90 Å². The fourth-order valence-corrected chi connectivity index (χ4v) is 3.29. The second-order valence-electron chi connectivity index (χ2n) is 6.53. The van der Waals surface area contributed by atoms with Gasteiger partial charge in [-0.2, -0.15) is 0 Å². The van der Waals surface area contributed by atoms with E-state index < -0.39 is 0 Å². The van der Waals surface area contributed by atoms with Gasteiger partial charge < -0.3 is 4.90 Å². The molecule has 2 aromatic carbocycles. The van der Waals surface area contributed by atoms with E-state index in [1.165, 1.54) is 33.4 Å². The van der Waals surface area contributed by atoms with Crippen molar-refractivity contribution in [3.8, 4) is 0 Å². The van der Waals surface area contributed by atoms with E-state index in [0.717, 1.165) is 25.8 Å². The number of hydrogen-bond acceptors (Lipinski definition) is 1. The van der Waals surface area contributed by atoms with Gasteiger partial charge in [-0.3, -0.25) is 0 Å². The first kappa shape index (κ1) is 15.1. The lowest BCUT2D eigenvalue weighted by Gasteiger charge is -2.14. The third-order valence-corrected chi connectivity index (χ3v) is 4.45. The van der Waals surface area contributed by atoms with Crippen LogP contribution >= 0.6 is 0 Å². The minimum Gasteiger partial charge on any atom is -0.309 e. The Labute approximate surface area is 134 Å². The molecule has 0 aromatic heterocycles. The van der Waals surface area contributed by atoms with Crippen molar-refractivity contribution < 1.29 is 0 Å². The average Bonchev–Trinajstić information content (AvgIpc) is 2.64. The molecule has 0 N–H and O–H groups in total. The lowest BCUT2D eigenvalue weighted by molar-refractivity contribution is 0.417. The lowest BCUT2D eigenvalue weighted by atomic mass is 9.92. The van der Waals surface area contributed by atoms with Crippen molar-refractivity contribution in [2.45, 2.75) is 26.2 Å². The normalized spacial score (nSPS) is 15.5. The molecule has 22 heavy (non-hydrogen) atoms. The summed E-state index contributed by atoms with van der Waals surface area (Å²) >= 11 is 0. The van der Waals surface area contributed by atoms with Gasteiger partial charge in [0, 0.05) is 6.54 Å². The summed E-state index contributed by atoms with van der Waals surface area (Å²) in [6.07, 6.45) is 5.79.